The number of fused-ring (bicyclic) bond motifs is 1. The van der Waals surface area contributed by atoms with E-state index in [2.05, 4.69) is 15.9 Å². The van der Waals surface area contributed by atoms with Crippen molar-refractivity contribution in [1.82, 2.24) is 4.57 Å². The van der Waals surface area contributed by atoms with Crippen LogP contribution in [0.1, 0.15) is 5.56 Å². The molecule has 0 spiro atoms. The summed E-state index contributed by atoms with van der Waals surface area (Å²) in [6, 6.07) is 2.88. The molecule has 0 N–H and O–H groups in total. The van der Waals surface area contributed by atoms with Crippen LogP contribution >= 0.6 is 27.5 Å². The van der Waals surface area contributed by atoms with Gasteiger partial charge in [0.25, 0.3) is 5.56 Å². The lowest BCUT2D eigenvalue weighted by molar-refractivity contribution is 0.638. The van der Waals surface area contributed by atoms with Crippen molar-refractivity contribution >= 4 is 38.4 Å². The number of hydrogen-bond donors (Lipinski definition) is 0. The van der Waals surface area contributed by atoms with Crippen LogP contribution in [-0.4, -0.2) is 4.57 Å². The molecular weight excluding hydrogens is 296 g/mol. The first kappa shape index (κ1) is 11.6. The molecule has 0 aliphatic rings. The molecule has 5 heteroatoms. The number of aryl methyl sites for hydroxylation is 1. The largest absolute Gasteiger partial charge is 0.310 e. The monoisotopic (exact) mass is 303 g/mol. The van der Waals surface area contributed by atoms with E-state index in [1.807, 2.05) is 0 Å². The summed E-state index contributed by atoms with van der Waals surface area (Å²) in [6.07, 6.45) is 0. The fraction of sp³-hybridized carbons (Fsp3) is 0.182. The van der Waals surface area contributed by atoms with Crippen LogP contribution in [0.2, 0.25) is 5.02 Å². The highest BCUT2D eigenvalue weighted by molar-refractivity contribution is 9.10. The molecule has 0 aliphatic carbocycles. The number of aromatic nitrogens is 1. The zero-order chi connectivity index (χ0) is 12.0. The summed E-state index contributed by atoms with van der Waals surface area (Å²) in [5, 5.41) is 0.451. The van der Waals surface area contributed by atoms with Gasteiger partial charge in [-0.2, -0.15) is 0 Å². The van der Waals surface area contributed by atoms with Gasteiger partial charge in [-0.1, -0.05) is 11.6 Å². The average Bonchev–Trinajstić information content (AvgIpc) is 2.26. The van der Waals surface area contributed by atoms with Crippen LogP contribution in [0.4, 0.5) is 4.39 Å². The molecule has 0 unspecified atom stereocenters. The quantitative estimate of drug-likeness (QED) is 0.731. The molecule has 2 aromatic rings. The molecule has 84 valence electrons. The fourth-order valence-corrected chi connectivity index (χ4v) is 2.57. The Morgan fingerprint density at radius 1 is 1.44 bits per heavy atom. The average molecular weight is 305 g/mol. The van der Waals surface area contributed by atoms with Gasteiger partial charge in [-0.25, -0.2) is 4.39 Å². The van der Waals surface area contributed by atoms with Crippen molar-refractivity contribution in [2.75, 3.05) is 0 Å². The van der Waals surface area contributed by atoms with Gasteiger partial charge >= 0.3 is 0 Å². The minimum atomic E-state index is -0.429. The van der Waals surface area contributed by atoms with Gasteiger partial charge in [-0.15, -0.1) is 0 Å². The second-order valence-electron chi connectivity index (χ2n) is 3.56. The molecule has 1 heterocycles. The van der Waals surface area contributed by atoms with E-state index < -0.39 is 5.82 Å². The third-order valence-electron chi connectivity index (χ3n) is 2.59. The lowest BCUT2D eigenvalue weighted by Gasteiger charge is -2.11. The first-order chi connectivity index (χ1) is 7.45. The lowest BCUT2D eigenvalue weighted by atomic mass is 10.1. The molecule has 0 radical (unpaired) electrons. The fourth-order valence-electron chi connectivity index (χ4n) is 1.71. The summed E-state index contributed by atoms with van der Waals surface area (Å²) < 4.78 is 15.7. The van der Waals surface area contributed by atoms with Crippen LogP contribution in [0.25, 0.3) is 10.9 Å². The first-order valence-corrected chi connectivity index (χ1v) is 5.75. The molecule has 0 saturated heterocycles. The van der Waals surface area contributed by atoms with E-state index in [1.54, 1.807) is 20.0 Å². The van der Waals surface area contributed by atoms with Crippen LogP contribution < -0.4 is 5.56 Å². The van der Waals surface area contributed by atoms with Gasteiger partial charge in [0.15, 0.2) is 0 Å². The number of rotatable bonds is 0. The summed E-state index contributed by atoms with van der Waals surface area (Å²) in [5.41, 5.74) is 0.609. The molecule has 0 saturated carbocycles. The Morgan fingerprint density at radius 3 is 2.69 bits per heavy atom. The highest BCUT2D eigenvalue weighted by Gasteiger charge is 2.15. The maximum Gasteiger partial charge on any atom is 0.255 e. The standard InChI is InChI=1S/C11H8BrClFNO/c1-5-9(13)8-7(14)4-3-6(12)10(8)15(2)11(5)16/h3-4H,1-2H3. The minimum absolute atomic E-state index is 0.178. The summed E-state index contributed by atoms with van der Waals surface area (Å²) in [4.78, 5) is 11.8. The number of benzene rings is 1. The van der Waals surface area contributed by atoms with E-state index in [4.69, 9.17) is 11.6 Å². The van der Waals surface area contributed by atoms with E-state index >= 15 is 0 Å². The maximum atomic E-state index is 13.7. The van der Waals surface area contributed by atoms with Crippen molar-refractivity contribution in [2.24, 2.45) is 7.05 Å². The Kier molecular flexibility index (Phi) is 2.80. The van der Waals surface area contributed by atoms with Gasteiger partial charge in [0.1, 0.15) is 5.82 Å². The van der Waals surface area contributed by atoms with Crippen LogP contribution in [0.3, 0.4) is 0 Å². The first-order valence-electron chi connectivity index (χ1n) is 4.58. The summed E-state index contributed by atoms with van der Waals surface area (Å²) in [5.74, 6) is -0.429. The second kappa shape index (κ2) is 3.86. The van der Waals surface area contributed by atoms with Gasteiger partial charge in [0, 0.05) is 17.1 Å². The van der Waals surface area contributed by atoms with Crippen LogP contribution in [0.5, 0.6) is 0 Å². The maximum absolute atomic E-state index is 13.7. The highest BCUT2D eigenvalue weighted by atomic mass is 79.9. The van der Waals surface area contributed by atoms with Gasteiger partial charge < -0.3 is 4.57 Å². The van der Waals surface area contributed by atoms with E-state index in [0.717, 1.165) is 0 Å². The normalized spacial score (nSPS) is 11.1. The third-order valence-corrected chi connectivity index (χ3v) is 3.70. The van der Waals surface area contributed by atoms with E-state index in [-0.39, 0.29) is 16.0 Å². The molecular formula is C11H8BrClFNO. The Balaban J connectivity index is 3.20. The van der Waals surface area contributed by atoms with E-state index in [9.17, 15) is 9.18 Å². The van der Waals surface area contributed by atoms with Crippen molar-refractivity contribution in [2.45, 2.75) is 6.92 Å². The smallest absolute Gasteiger partial charge is 0.255 e. The molecule has 0 bridgehead atoms. The number of halogens is 3. The van der Waals surface area contributed by atoms with Crippen LogP contribution in [0.15, 0.2) is 21.4 Å². The second-order valence-corrected chi connectivity index (χ2v) is 4.79. The number of hydrogen-bond acceptors (Lipinski definition) is 1. The van der Waals surface area contributed by atoms with Gasteiger partial charge in [0.2, 0.25) is 0 Å². The summed E-state index contributed by atoms with van der Waals surface area (Å²) >= 11 is 9.30. The van der Waals surface area contributed by atoms with Crippen molar-refractivity contribution in [3.05, 3.63) is 43.4 Å². The predicted molar refractivity (Wildman–Crippen MR) is 66.6 cm³/mol. The Hall–Kier alpha value is -0.870. The molecule has 0 aliphatic heterocycles. The van der Waals surface area contributed by atoms with Crippen molar-refractivity contribution < 1.29 is 4.39 Å². The topological polar surface area (TPSA) is 22.0 Å². The number of pyridine rings is 1. The lowest BCUT2D eigenvalue weighted by Crippen LogP contribution is -2.20. The molecule has 16 heavy (non-hydrogen) atoms. The molecule has 2 rings (SSSR count). The van der Waals surface area contributed by atoms with E-state index in [0.29, 0.717) is 15.6 Å². The van der Waals surface area contributed by atoms with E-state index in [1.165, 1.54) is 10.6 Å². The minimum Gasteiger partial charge on any atom is -0.310 e. The molecule has 1 aromatic carbocycles. The predicted octanol–water partition coefficient (Wildman–Crippen LogP) is 3.40. The van der Waals surface area contributed by atoms with Gasteiger partial charge in [-0.3, -0.25) is 4.79 Å². The number of nitrogens with zero attached hydrogens (tertiary/aromatic N) is 1. The zero-order valence-electron chi connectivity index (χ0n) is 8.64. The van der Waals surface area contributed by atoms with Crippen molar-refractivity contribution in [3.8, 4) is 0 Å². The summed E-state index contributed by atoms with van der Waals surface area (Å²) in [7, 11) is 1.60. The van der Waals surface area contributed by atoms with Crippen molar-refractivity contribution in [1.29, 1.82) is 0 Å². The Morgan fingerprint density at radius 2 is 2.06 bits per heavy atom. The van der Waals surface area contributed by atoms with Gasteiger partial charge in [0.05, 0.1) is 15.9 Å². The molecule has 2 nitrogen and oxygen atoms in total. The Labute approximate surface area is 105 Å². The van der Waals surface area contributed by atoms with Crippen LogP contribution in [0, 0.1) is 12.7 Å². The molecule has 0 fully saturated rings. The van der Waals surface area contributed by atoms with Crippen molar-refractivity contribution in [3.63, 3.8) is 0 Å². The zero-order valence-corrected chi connectivity index (χ0v) is 11.0. The highest BCUT2D eigenvalue weighted by Crippen LogP contribution is 2.31. The SMILES string of the molecule is Cc1c(Cl)c2c(F)ccc(Br)c2n(C)c1=O. The molecule has 1 aromatic heterocycles. The Bertz CT molecular complexity index is 651. The third kappa shape index (κ3) is 1.48. The summed E-state index contributed by atoms with van der Waals surface area (Å²) in [6.45, 7) is 1.59. The molecule has 0 atom stereocenters. The molecule has 0 amide bonds. The van der Waals surface area contributed by atoms with Gasteiger partial charge in [-0.05, 0) is 35.0 Å². The van der Waals surface area contributed by atoms with Crippen LogP contribution in [-0.2, 0) is 7.05 Å².